The normalized spacial score (nSPS) is 13.5. The highest BCUT2D eigenvalue weighted by Gasteiger charge is 2.20. The first kappa shape index (κ1) is 11.3. The first-order chi connectivity index (χ1) is 8.55. The Bertz CT molecular complexity index is 591. The van der Waals surface area contributed by atoms with Gasteiger partial charge in [0.25, 0.3) is 0 Å². The Balaban J connectivity index is 2.19. The van der Waals surface area contributed by atoms with E-state index in [2.05, 4.69) is 63.2 Å². The van der Waals surface area contributed by atoms with Crippen LogP contribution in [0.4, 0.5) is 0 Å². The minimum absolute atomic E-state index is 0.168. The molecule has 0 aliphatic carbocycles. The van der Waals surface area contributed by atoms with E-state index in [-0.39, 0.29) is 5.41 Å². The van der Waals surface area contributed by atoms with Crippen LogP contribution in [0.15, 0.2) is 42.5 Å². The molecule has 1 aliphatic rings. The number of hydrogen-bond donors (Lipinski definition) is 0. The summed E-state index contributed by atoms with van der Waals surface area (Å²) in [6, 6.07) is 15.0. The summed E-state index contributed by atoms with van der Waals surface area (Å²) in [5.41, 5.74) is 5.33. The summed E-state index contributed by atoms with van der Waals surface area (Å²) in [7, 11) is 0. The highest BCUT2D eigenvalue weighted by atomic mass is 16.5. The Morgan fingerprint density at radius 1 is 0.944 bits per heavy atom. The van der Waals surface area contributed by atoms with Crippen molar-refractivity contribution in [1.29, 1.82) is 0 Å². The molecule has 0 saturated carbocycles. The van der Waals surface area contributed by atoms with Gasteiger partial charge in [-0.05, 0) is 34.2 Å². The van der Waals surface area contributed by atoms with Gasteiger partial charge in [-0.3, -0.25) is 0 Å². The number of benzene rings is 2. The van der Waals surface area contributed by atoms with Crippen molar-refractivity contribution in [2.75, 3.05) is 0 Å². The smallest absolute Gasteiger partial charge is 0.127 e. The molecule has 1 aliphatic heterocycles. The average Bonchev–Trinajstić information content (AvgIpc) is 2.37. The molecule has 0 atom stereocenters. The quantitative estimate of drug-likeness (QED) is 0.654. The number of fused-ring (bicyclic) bond motifs is 3. The average molecular weight is 238 g/mol. The van der Waals surface area contributed by atoms with Crippen molar-refractivity contribution >= 4 is 0 Å². The molecule has 0 unspecified atom stereocenters. The van der Waals surface area contributed by atoms with Crippen LogP contribution in [0.2, 0.25) is 0 Å². The molecule has 92 valence electrons. The molecule has 3 rings (SSSR count). The van der Waals surface area contributed by atoms with Gasteiger partial charge in [-0.2, -0.15) is 0 Å². The van der Waals surface area contributed by atoms with Crippen molar-refractivity contribution in [2.45, 2.75) is 32.8 Å². The second-order valence-corrected chi connectivity index (χ2v) is 5.91. The summed E-state index contributed by atoms with van der Waals surface area (Å²) >= 11 is 0. The van der Waals surface area contributed by atoms with Gasteiger partial charge in [-0.25, -0.2) is 0 Å². The predicted molar refractivity (Wildman–Crippen MR) is 74.9 cm³/mol. The van der Waals surface area contributed by atoms with Gasteiger partial charge in [-0.1, -0.05) is 51.1 Å². The molecule has 0 spiro atoms. The Morgan fingerprint density at radius 3 is 2.50 bits per heavy atom. The molecule has 0 fully saturated rings. The lowest BCUT2D eigenvalue weighted by atomic mass is 9.84. The van der Waals surface area contributed by atoms with E-state index < -0.39 is 0 Å². The van der Waals surface area contributed by atoms with Gasteiger partial charge >= 0.3 is 0 Å². The summed E-state index contributed by atoms with van der Waals surface area (Å²) < 4.78 is 5.82. The Labute approximate surface area is 108 Å². The Kier molecular flexibility index (Phi) is 2.44. The van der Waals surface area contributed by atoms with Crippen LogP contribution in [0, 0.1) is 0 Å². The summed E-state index contributed by atoms with van der Waals surface area (Å²) in [6.07, 6.45) is 0. The Hall–Kier alpha value is -1.76. The van der Waals surface area contributed by atoms with Crippen LogP contribution in [0.5, 0.6) is 5.75 Å². The summed E-state index contributed by atoms with van der Waals surface area (Å²) in [4.78, 5) is 0. The molecule has 18 heavy (non-hydrogen) atoms. The van der Waals surface area contributed by atoms with Crippen LogP contribution in [-0.4, -0.2) is 0 Å². The van der Waals surface area contributed by atoms with Crippen molar-refractivity contribution in [3.63, 3.8) is 0 Å². The SMILES string of the molecule is CC(C)(C)c1ccc2c(c1)-c1ccccc1CO2. The number of hydrogen-bond acceptors (Lipinski definition) is 1. The predicted octanol–water partition coefficient (Wildman–Crippen LogP) is 4.54. The molecule has 0 radical (unpaired) electrons. The molecule has 0 bridgehead atoms. The lowest BCUT2D eigenvalue weighted by molar-refractivity contribution is 0.302. The molecule has 1 heteroatoms. The fourth-order valence-electron chi connectivity index (χ4n) is 2.40. The van der Waals surface area contributed by atoms with E-state index in [0.717, 1.165) is 5.75 Å². The highest BCUT2D eigenvalue weighted by Crippen LogP contribution is 2.39. The van der Waals surface area contributed by atoms with Gasteiger partial charge in [0.15, 0.2) is 0 Å². The molecule has 0 aromatic heterocycles. The third-order valence-electron chi connectivity index (χ3n) is 3.54. The highest BCUT2D eigenvalue weighted by molar-refractivity contribution is 5.75. The van der Waals surface area contributed by atoms with Gasteiger partial charge in [0, 0.05) is 5.56 Å². The zero-order valence-electron chi connectivity index (χ0n) is 11.2. The molecular formula is C17H18O. The van der Waals surface area contributed by atoms with Crippen molar-refractivity contribution in [3.8, 4) is 16.9 Å². The van der Waals surface area contributed by atoms with E-state index in [4.69, 9.17) is 4.74 Å². The van der Waals surface area contributed by atoms with Crippen LogP contribution in [0.3, 0.4) is 0 Å². The van der Waals surface area contributed by atoms with Crippen molar-refractivity contribution in [1.82, 2.24) is 0 Å². The van der Waals surface area contributed by atoms with Gasteiger partial charge in [0.05, 0.1) is 0 Å². The third-order valence-corrected chi connectivity index (χ3v) is 3.54. The lowest BCUT2D eigenvalue weighted by Crippen LogP contribution is -2.12. The van der Waals surface area contributed by atoms with Gasteiger partial charge < -0.3 is 4.74 Å². The summed E-state index contributed by atoms with van der Waals surface area (Å²) in [6.45, 7) is 7.40. The van der Waals surface area contributed by atoms with Crippen LogP contribution in [-0.2, 0) is 12.0 Å². The van der Waals surface area contributed by atoms with E-state index in [9.17, 15) is 0 Å². The van der Waals surface area contributed by atoms with Crippen LogP contribution < -0.4 is 4.74 Å². The molecule has 1 heterocycles. The molecule has 2 aromatic rings. The van der Waals surface area contributed by atoms with Crippen molar-refractivity contribution in [3.05, 3.63) is 53.6 Å². The van der Waals surface area contributed by atoms with Gasteiger partial charge in [-0.15, -0.1) is 0 Å². The fourth-order valence-corrected chi connectivity index (χ4v) is 2.40. The maximum Gasteiger partial charge on any atom is 0.127 e. The zero-order chi connectivity index (χ0) is 12.8. The van der Waals surface area contributed by atoms with Crippen molar-refractivity contribution < 1.29 is 4.74 Å². The standard InChI is InChI=1S/C17H18O/c1-17(2,3)13-8-9-16-15(10-13)14-7-5-4-6-12(14)11-18-16/h4-10H,11H2,1-3H3. The molecule has 0 N–H and O–H groups in total. The van der Waals surface area contributed by atoms with Crippen LogP contribution >= 0.6 is 0 Å². The third kappa shape index (κ3) is 1.80. The Morgan fingerprint density at radius 2 is 1.72 bits per heavy atom. The molecule has 2 aromatic carbocycles. The van der Waals surface area contributed by atoms with Gasteiger partial charge in [0.2, 0.25) is 0 Å². The minimum Gasteiger partial charge on any atom is -0.488 e. The van der Waals surface area contributed by atoms with Crippen LogP contribution in [0.1, 0.15) is 31.9 Å². The minimum atomic E-state index is 0.168. The maximum atomic E-state index is 5.82. The molecule has 0 amide bonds. The molecular weight excluding hydrogens is 220 g/mol. The van der Waals surface area contributed by atoms with Crippen molar-refractivity contribution in [2.24, 2.45) is 0 Å². The van der Waals surface area contributed by atoms with E-state index >= 15 is 0 Å². The summed E-state index contributed by atoms with van der Waals surface area (Å²) in [5.74, 6) is 1.00. The van der Waals surface area contributed by atoms with E-state index in [0.29, 0.717) is 6.61 Å². The summed E-state index contributed by atoms with van der Waals surface area (Å²) in [5, 5.41) is 0. The van der Waals surface area contributed by atoms with E-state index in [1.807, 2.05) is 0 Å². The lowest BCUT2D eigenvalue weighted by Gasteiger charge is -2.25. The first-order valence-corrected chi connectivity index (χ1v) is 6.41. The second kappa shape index (κ2) is 3.88. The van der Waals surface area contributed by atoms with E-state index in [1.165, 1.54) is 22.3 Å². The monoisotopic (exact) mass is 238 g/mol. The maximum absolute atomic E-state index is 5.82. The topological polar surface area (TPSA) is 9.23 Å². The largest absolute Gasteiger partial charge is 0.488 e. The number of ether oxygens (including phenoxy) is 1. The number of rotatable bonds is 0. The molecule has 1 nitrogen and oxygen atoms in total. The molecule has 0 saturated heterocycles. The van der Waals surface area contributed by atoms with Crippen LogP contribution in [0.25, 0.3) is 11.1 Å². The van der Waals surface area contributed by atoms with Gasteiger partial charge in [0.1, 0.15) is 12.4 Å². The first-order valence-electron chi connectivity index (χ1n) is 6.41. The van der Waals surface area contributed by atoms with E-state index in [1.54, 1.807) is 0 Å². The second-order valence-electron chi connectivity index (χ2n) is 5.91. The zero-order valence-corrected chi connectivity index (χ0v) is 11.2. The fraction of sp³-hybridized carbons (Fsp3) is 0.294.